The van der Waals surface area contributed by atoms with Gasteiger partial charge in [-0.15, -0.1) is 16.4 Å². The molecular formula is C17H20N6S. The van der Waals surface area contributed by atoms with Gasteiger partial charge in [0.05, 0.1) is 5.01 Å². The zero-order valence-electron chi connectivity index (χ0n) is 13.9. The van der Waals surface area contributed by atoms with Gasteiger partial charge in [-0.1, -0.05) is 6.07 Å². The molecule has 0 aromatic carbocycles. The topological polar surface area (TPSA) is 59.7 Å². The summed E-state index contributed by atoms with van der Waals surface area (Å²) >= 11 is 1.63. The fraction of sp³-hybridized carbons (Fsp3) is 0.412. The number of hydrogen-bond acceptors (Lipinski definition) is 6. The van der Waals surface area contributed by atoms with E-state index >= 15 is 0 Å². The van der Waals surface area contributed by atoms with Crippen molar-refractivity contribution in [2.24, 2.45) is 7.05 Å². The summed E-state index contributed by atoms with van der Waals surface area (Å²) in [5.74, 6) is 3.18. The first-order valence-corrected chi connectivity index (χ1v) is 9.08. The first-order valence-electron chi connectivity index (χ1n) is 8.20. The van der Waals surface area contributed by atoms with Crippen LogP contribution in [0.4, 0.5) is 5.82 Å². The van der Waals surface area contributed by atoms with E-state index in [-0.39, 0.29) is 0 Å². The molecule has 1 fully saturated rings. The minimum absolute atomic E-state index is 0.367. The molecule has 1 aliphatic heterocycles. The molecule has 3 aromatic heterocycles. The Labute approximate surface area is 145 Å². The Kier molecular flexibility index (Phi) is 4.02. The molecule has 124 valence electrons. The molecule has 0 N–H and O–H groups in total. The summed E-state index contributed by atoms with van der Waals surface area (Å²) < 4.78 is 1.91. The zero-order valence-corrected chi connectivity index (χ0v) is 14.7. The summed E-state index contributed by atoms with van der Waals surface area (Å²) in [7, 11) is 1.98. The third-order valence-corrected chi connectivity index (χ3v) is 5.18. The number of thiazole rings is 1. The van der Waals surface area contributed by atoms with Crippen molar-refractivity contribution in [1.82, 2.24) is 24.7 Å². The van der Waals surface area contributed by atoms with Crippen LogP contribution in [0, 0.1) is 6.92 Å². The minimum atomic E-state index is 0.367. The molecule has 0 aliphatic carbocycles. The average Bonchev–Trinajstić information content (AvgIpc) is 3.22. The van der Waals surface area contributed by atoms with E-state index in [1.54, 1.807) is 11.3 Å². The maximum absolute atomic E-state index is 4.79. The number of nitrogens with zero attached hydrogens (tertiary/aromatic N) is 6. The Balaban J connectivity index is 1.58. The van der Waals surface area contributed by atoms with E-state index in [2.05, 4.69) is 26.0 Å². The molecule has 1 saturated heterocycles. The molecule has 0 radical (unpaired) electrons. The van der Waals surface area contributed by atoms with Crippen molar-refractivity contribution in [2.45, 2.75) is 25.7 Å². The Morgan fingerprint density at radius 1 is 1.25 bits per heavy atom. The van der Waals surface area contributed by atoms with E-state index in [0.717, 1.165) is 54.1 Å². The standard InChI is InChI=1S/C17H20N6S/c1-12-19-14(11-24-12)16-20-17(22(2)21-16)13-6-5-9-23(10-13)15-7-3-4-8-18-15/h3-4,7-8,11,13H,5-6,9-10H2,1-2H3/t13-/m1/s1. The predicted octanol–water partition coefficient (Wildman–Crippen LogP) is 3.03. The Bertz CT molecular complexity index is 825. The molecule has 3 aromatic rings. The maximum atomic E-state index is 4.79. The highest BCUT2D eigenvalue weighted by Crippen LogP contribution is 2.29. The summed E-state index contributed by atoms with van der Waals surface area (Å²) in [5, 5.41) is 7.65. The first kappa shape index (κ1) is 15.3. The molecule has 6 nitrogen and oxygen atoms in total. The van der Waals surface area contributed by atoms with Crippen molar-refractivity contribution >= 4 is 17.2 Å². The van der Waals surface area contributed by atoms with Crippen LogP contribution < -0.4 is 4.90 Å². The van der Waals surface area contributed by atoms with E-state index in [9.17, 15) is 0 Å². The van der Waals surface area contributed by atoms with E-state index in [1.165, 1.54) is 0 Å². The number of piperidine rings is 1. The highest BCUT2D eigenvalue weighted by Gasteiger charge is 2.26. The van der Waals surface area contributed by atoms with Crippen molar-refractivity contribution in [2.75, 3.05) is 18.0 Å². The Morgan fingerprint density at radius 3 is 2.92 bits per heavy atom. The Morgan fingerprint density at radius 2 is 2.17 bits per heavy atom. The van der Waals surface area contributed by atoms with Crippen LogP contribution in [0.1, 0.15) is 29.6 Å². The van der Waals surface area contributed by atoms with Crippen LogP contribution in [0.2, 0.25) is 0 Å². The van der Waals surface area contributed by atoms with Gasteiger partial charge in [0.2, 0.25) is 5.82 Å². The lowest BCUT2D eigenvalue weighted by Gasteiger charge is -2.32. The van der Waals surface area contributed by atoms with Crippen molar-refractivity contribution < 1.29 is 0 Å². The van der Waals surface area contributed by atoms with E-state index in [1.807, 2.05) is 42.4 Å². The van der Waals surface area contributed by atoms with Gasteiger partial charge in [-0.2, -0.15) is 0 Å². The first-order chi connectivity index (χ1) is 11.7. The summed E-state index contributed by atoms with van der Waals surface area (Å²) in [5.41, 5.74) is 0.872. The quantitative estimate of drug-likeness (QED) is 0.733. The third-order valence-electron chi connectivity index (χ3n) is 4.40. The van der Waals surface area contributed by atoms with Gasteiger partial charge in [0, 0.05) is 37.6 Å². The lowest BCUT2D eigenvalue weighted by molar-refractivity contribution is 0.472. The van der Waals surface area contributed by atoms with E-state index < -0.39 is 0 Å². The maximum Gasteiger partial charge on any atom is 0.200 e. The van der Waals surface area contributed by atoms with Gasteiger partial charge in [0.25, 0.3) is 0 Å². The molecule has 0 saturated carbocycles. The molecule has 0 amide bonds. The molecule has 7 heteroatoms. The molecule has 24 heavy (non-hydrogen) atoms. The fourth-order valence-electron chi connectivity index (χ4n) is 3.26. The molecule has 0 unspecified atom stereocenters. The van der Waals surface area contributed by atoms with Crippen LogP contribution in [0.25, 0.3) is 11.5 Å². The molecule has 4 rings (SSSR count). The van der Waals surface area contributed by atoms with Gasteiger partial charge >= 0.3 is 0 Å². The van der Waals surface area contributed by atoms with Crippen molar-refractivity contribution in [3.8, 4) is 11.5 Å². The van der Waals surface area contributed by atoms with Crippen molar-refractivity contribution in [1.29, 1.82) is 0 Å². The van der Waals surface area contributed by atoms with Gasteiger partial charge in [-0.25, -0.2) is 15.0 Å². The third kappa shape index (κ3) is 2.91. The SMILES string of the molecule is Cc1nc(-c2nc([C@@H]3CCCN(c4ccccn4)C3)n(C)n2)cs1. The second-order valence-corrected chi connectivity index (χ2v) is 7.20. The zero-order chi connectivity index (χ0) is 16.5. The number of anilines is 1. The average molecular weight is 340 g/mol. The number of aromatic nitrogens is 5. The van der Waals surface area contributed by atoms with Crippen molar-refractivity contribution in [3.63, 3.8) is 0 Å². The highest BCUT2D eigenvalue weighted by atomic mass is 32.1. The molecule has 4 heterocycles. The number of rotatable bonds is 3. The number of pyridine rings is 1. The molecule has 0 spiro atoms. The van der Waals surface area contributed by atoms with Gasteiger partial charge in [0.1, 0.15) is 17.3 Å². The second kappa shape index (κ2) is 6.32. The molecule has 0 bridgehead atoms. The lowest BCUT2D eigenvalue weighted by atomic mass is 9.97. The highest BCUT2D eigenvalue weighted by molar-refractivity contribution is 7.09. The van der Waals surface area contributed by atoms with Crippen LogP contribution >= 0.6 is 11.3 Å². The van der Waals surface area contributed by atoms with Crippen molar-refractivity contribution in [3.05, 3.63) is 40.6 Å². The van der Waals surface area contributed by atoms with Gasteiger partial charge < -0.3 is 4.90 Å². The fourth-order valence-corrected chi connectivity index (χ4v) is 3.85. The number of aryl methyl sites for hydroxylation is 2. The van der Waals surface area contributed by atoms with Crippen LogP contribution in [0.3, 0.4) is 0 Å². The van der Waals surface area contributed by atoms with Gasteiger partial charge in [-0.05, 0) is 31.9 Å². The smallest absolute Gasteiger partial charge is 0.200 e. The minimum Gasteiger partial charge on any atom is -0.356 e. The van der Waals surface area contributed by atoms with Gasteiger partial charge in [0.15, 0.2) is 0 Å². The summed E-state index contributed by atoms with van der Waals surface area (Å²) in [6.45, 7) is 3.98. The predicted molar refractivity (Wildman–Crippen MR) is 95.3 cm³/mol. The summed E-state index contributed by atoms with van der Waals surface area (Å²) in [4.78, 5) is 16.1. The summed E-state index contributed by atoms with van der Waals surface area (Å²) in [6.07, 6.45) is 4.12. The van der Waals surface area contributed by atoms with Gasteiger partial charge in [-0.3, -0.25) is 4.68 Å². The lowest BCUT2D eigenvalue weighted by Crippen LogP contribution is -2.35. The molecular weight excluding hydrogens is 320 g/mol. The van der Waals surface area contributed by atoms with E-state index in [0.29, 0.717) is 5.92 Å². The summed E-state index contributed by atoms with van der Waals surface area (Å²) in [6, 6.07) is 6.06. The number of hydrogen-bond donors (Lipinski definition) is 0. The van der Waals surface area contributed by atoms with Crippen LogP contribution in [0.5, 0.6) is 0 Å². The molecule has 1 aliphatic rings. The normalized spacial score (nSPS) is 18.1. The monoisotopic (exact) mass is 340 g/mol. The largest absolute Gasteiger partial charge is 0.356 e. The second-order valence-electron chi connectivity index (χ2n) is 6.14. The Hall–Kier alpha value is -2.28. The van der Waals surface area contributed by atoms with E-state index in [4.69, 9.17) is 4.98 Å². The molecule has 1 atom stereocenters. The van der Waals surface area contributed by atoms with Crippen LogP contribution in [-0.4, -0.2) is 37.8 Å². The van der Waals surface area contributed by atoms with Crippen LogP contribution in [0.15, 0.2) is 29.8 Å². The van der Waals surface area contributed by atoms with Crippen LogP contribution in [-0.2, 0) is 7.05 Å².